The molecule has 0 saturated carbocycles. The number of aromatic amines is 1. The zero-order valence-corrected chi connectivity index (χ0v) is 13.5. The Morgan fingerprint density at radius 3 is 2.75 bits per heavy atom. The van der Waals surface area contributed by atoms with E-state index < -0.39 is 0 Å². The number of anilines is 1. The first-order valence-corrected chi connectivity index (χ1v) is 7.76. The van der Waals surface area contributed by atoms with Crippen LogP contribution in [0.1, 0.15) is 12.0 Å². The first kappa shape index (κ1) is 15.8. The highest BCUT2D eigenvalue weighted by atomic mass is 16.5. The molecule has 1 aromatic heterocycles. The van der Waals surface area contributed by atoms with Crippen molar-refractivity contribution in [3.05, 3.63) is 66.6 Å². The van der Waals surface area contributed by atoms with E-state index in [1.807, 2.05) is 48.5 Å². The molecule has 0 aliphatic heterocycles. The Morgan fingerprint density at radius 2 is 2.04 bits per heavy atom. The van der Waals surface area contributed by atoms with Crippen LogP contribution >= 0.6 is 0 Å². The van der Waals surface area contributed by atoms with Crippen LogP contribution in [0.4, 0.5) is 5.69 Å². The van der Waals surface area contributed by atoms with Crippen LogP contribution in [0.2, 0.25) is 0 Å². The van der Waals surface area contributed by atoms with Crippen molar-refractivity contribution in [2.75, 3.05) is 12.4 Å². The number of amides is 1. The normalized spacial score (nSPS) is 10.4. The largest absolute Gasteiger partial charge is 0.497 e. The number of nitrogens with one attached hydrogen (secondary N) is 2. The molecule has 1 heterocycles. The molecule has 0 aliphatic carbocycles. The summed E-state index contributed by atoms with van der Waals surface area (Å²) in [6.45, 7) is 0. The van der Waals surface area contributed by atoms with Crippen LogP contribution in [0, 0.1) is 0 Å². The first-order chi connectivity index (χ1) is 11.7. The van der Waals surface area contributed by atoms with Crippen molar-refractivity contribution in [1.82, 2.24) is 9.97 Å². The van der Waals surface area contributed by atoms with Crippen molar-refractivity contribution in [2.45, 2.75) is 12.8 Å². The number of rotatable bonds is 6. The minimum atomic E-state index is -0.00687. The quantitative estimate of drug-likeness (QED) is 0.728. The number of H-pyrrole nitrogens is 1. The fourth-order valence-electron chi connectivity index (χ4n) is 2.45. The van der Waals surface area contributed by atoms with E-state index in [2.05, 4.69) is 15.3 Å². The molecule has 0 radical (unpaired) electrons. The summed E-state index contributed by atoms with van der Waals surface area (Å²) in [7, 11) is 1.64. The maximum Gasteiger partial charge on any atom is 0.224 e. The van der Waals surface area contributed by atoms with E-state index in [-0.39, 0.29) is 5.91 Å². The van der Waals surface area contributed by atoms with E-state index in [4.69, 9.17) is 4.74 Å². The number of aromatic nitrogens is 2. The summed E-state index contributed by atoms with van der Waals surface area (Å²) in [6.07, 6.45) is 4.51. The highest BCUT2D eigenvalue weighted by molar-refractivity contribution is 5.91. The van der Waals surface area contributed by atoms with Gasteiger partial charge in [-0.25, -0.2) is 4.98 Å². The molecule has 0 unspecified atom stereocenters. The summed E-state index contributed by atoms with van der Waals surface area (Å²) in [4.78, 5) is 19.2. The molecule has 5 heteroatoms. The number of hydrogen-bond acceptors (Lipinski definition) is 3. The second kappa shape index (κ2) is 7.46. The molecule has 1 amide bonds. The lowest BCUT2D eigenvalue weighted by atomic mass is 10.1. The van der Waals surface area contributed by atoms with Crippen molar-refractivity contribution < 1.29 is 9.53 Å². The van der Waals surface area contributed by atoms with Gasteiger partial charge in [-0.05, 0) is 36.2 Å². The Hall–Kier alpha value is -3.08. The van der Waals surface area contributed by atoms with Gasteiger partial charge in [0.25, 0.3) is 0 Å². The van der Waals surface area contributed by atoms with E-state index in [9.17, 15) is 4.79 Å². The number of benzene rings is 2. The summed E-state index contributed by atoms with van der Waals surface area (Å²) in [5.74, 6) is 0.811. The van der Waals surface area contributed by atoms with Gasteiger partial charge in [0.2, 0.25) is 5.91 Å². The van der Waals surface area contributed by atoms with Gasteiger partial charge in [0.15, 0.2) is 0 Å². The number of ether oxygens (including phenoxy) is 1. The van der Waals surface area contributed by atoms with Gasteiger partial charge in [-0.2, -0.15) is 0 Å². The zero-order chi connectivity index (χ0) is 16.8. The third kappa shape index (κ3) is 4.01. The van der Waals surface area contributed by atoms with Gasteiger partial charge in [0.05, 0.1) is 25.3 Å². The molecule has 2 N–H and O–H groups in total. The summed E-state index contributed by atoms with van der Waals surface area (Å²) in [5.41, 5.74) is 3.80. The number of carbonyl (C=O) groups excluding carboxylic acids is 1. The monoisotopic (exact) mass is 321 g/mol. The lowest BCUT2D eigenvalue weighted by Crippen LogP contribution is -2.12. The molecule has 3 rings (SSSR count). The first-order valence-electron chi connectivity index (χ1n) is 7.76. The van der Waals surface area contributed by atoms with Gasteiger partial charge < -0.3 is 15.0 Å². The number of hydrogen-bond donors (Lipinski definition) is 2. The SMILES string of the molecule is COc1ccc(CCC(=O)Nc2cccc(-c3cnc[nH]3)c2)cc1. The van der Waals surface area contributed by atoms with E-state index >= 15 is 0 Å². The third-order valence-corrected chi connectivity index (χ3v) is 3.76. The Morgan fingerprint density at radius 1 is 1.21 bits per heavy atom. The van der Waals surface area contributed by atoms with Gasteiger partial charge >= 0.3 is 0 Å². The predicted octanol–water partition coefficient (Wildman–Crippen LogP) is 3.66. The van der Waals surface area contributed by atoms with Crippen LogP contribution < -0.4 is 10.1 Å². The van der Waals surface area contributed by atoms with Crippen LogP contribution in [0.25, 0.3) is 11.3 Å². The van der Waals surface area contributed by atoms with Gasteiger partial charge in [-0.1, -0.05) is 24.3 Å². The molecular weight excluding hydrogens is 302 g/mol. The molecule has 3 aromatic rings. The molecule has 0 fully saturated rings. The molecule has 0 bridgehead atoms. The van der Waals surface area contributed by atoms with Crippen molar-refractivity contribution in [1.29, 1.82) is 0 Å². The fourth-order valence-corrected chi connectivity index (χ4v) is 2.45. The number of nitrogens with zero attached hydrogens (tertiary/aromatic N) is 1. The summed E-state index contributed by atoms with van der Waals surface area (Å²) in [6, 6.07) is 15.5. The number of aryl methyl sites for hydroxylation is 1. The molecule has 24 heavy (non-hydrogen) atoms. The summed E-state index contributed by atoms with van der Waals surface area (Å²) < 4.78 is 5.13. The molecule has 0 saturated heterocycles. The lowest BCUT2D eigenvalue weighted by molar-refractivity contribution is -0.116. The van der Waals surface area contributed by atoms with Crippen LogP contribution in [0.15, 0.2) is 61.1 Å². The van der Waals surface area contributed by atoms with Crippen molar-refractivity contribution in [3.63, 3.8) is 0 Å². The topological polar surface area (TPSA) is 67.0 Å². The molecule has 0 aliphatic rings. The number of carbonyl (C=O) groups is 1. The maximum atomic E-state index is 12.2. The van der Waals surface area contributed by atoms with E-state index in [1.165, 1.54) is 0 Å². The maximum absolute atomic E-state index is 12.2. The molecule has 5 nitrogen and oxygen atoms in total. The Labute approximate surface area is 140 Å². The lowest BCUT2D eigenvalue weighted by Gasteiger charge is -2.07. The number of methoxy groups -OCH3 is 1. The zero-order valence-electron chi connectivity index (χ0n) is 13.5. The number of imidazole rings is 1. The minimum Gasteiger partial charge on any atom is -0.497 e. The van der Waals surface area contributed by atoms with Crippen LogP contribution in [0.5, 0.6) is 5.75 Å². The summed E-state index contributed by atoms with van der Waals surface area (Å²) in [5, 5.41) is 2.94. The standard InChI is InChI=1S/C19H19N3O2/c1-24-17-8-5-14(6-9-17)7-10-19(23)22-16-4-2-3-15(11-16)18-12-20-13-21-18/h2-6,8-9,11-13H,7,10H2,1H3,(H,20,21)(H,22,23). The summed E-state index contributed by atoms with van der Waals surface area (Å²) >= 11 is 0. The smallest absolute Gasteiger partial charge is 0.224 e. The third-order valence-electron chi connectivity index (χ3n) is 3.76. The molecule has 122 valence electrons. The molecule has 0 atom stereocenters. The molecule has 2 aromatic carbocycles. The Bertz CT molecular complexity index is 796. The molecular formula is C19H19N3O2. The minimum absolute atomic E-state index is 0.00687. The van der Waals surface area contributed by atoms with E-state index in [0.717, 1.165) is 28.3 Å². The van der Waals surface area contributed by atoms with Crippen molar-refractivity contribution >= 4 is 11.6 Å². The van der Waals surface area contributed by atoms with Gasteiger partial charge in [0, 0.05) is 17.7 Å². The van der Waals surface area contributed by atoms with E-state index in [0.29, 0.717) is 12.8 Å². The highest BCUT2D eigenvalue weighted by Gasteiger charge is 2.05. The van der Waals surface area contributed by atoms with Crippen molar-refractivity contribution in [2.24, 2.45) is 0 Å². The second-order valence-corrected chi connectivity index (χ2v) is 5.44. The van der Waals surface area contributed by atoms with Crippen LogP contribution in [0.3, 0.4) is 0 Å². The van der Waals surface area contributed by atoms with Crippen LogP contribution in [-0.4, -0.2) is 23.0 Å². The second-order valence-electron chi connectivity index (χ2n) is 5.44. The fraction of sp³-hybridized carbons (Fsp3) is 0.158. The van der Waals surface area contributed by atoms with Gasteiger partial charge in [-0.3, -0.25) is 4.79 Å². The van der Waals surface area contributed by atoms with Gasteiger partial charge in [-0.15, -0.1) is 0 Å². The molecule has 0 spiro atoms. The highest BCUT2D eigenvalue weighted by Crippen LogP contribution is 2.20. The Balaban J connectivity index is 1.57. The van der Waals surface area contributed by atoms with Crippen LogP contribution in [-0.2, 0) is 11.2 Å². The van der Waals surface area contributed by atoms with E-state index in [1.54, 1.807) is 19.6 Å². The Kier molecular flexibility index (Phi) is 4.91. The van der Waals surface area contributed by atoms with Crippen molar-refractivity contribution in [3.8, 4) is 17.0 Å². The average Bonchev–Trinajstić information content (AvgIpc) is 3.15. The predicted molar refractivity (Wildman–Crippen MR) is 94.0 cm³/mol. The van der Waals surface area contributed by atoms with Gasteiger partial charge in [0.1, 0.15) is 5.75 Å². The average molecular weight is 321 g/mol.